The molecule has 1 aromatic carbocycles. The summed E-state index contributed by atoms with van der Waals surface area (Å²) in [5.41, 5.74) is 6.43. The average molecular weight is 321 g/mol. The SMILES string of the molecule is C#Cc1cccc(-c2nc(C(N)=O)c(NS(C)(=O)=O)s2)c1. The number of primary amides is 1. The number of nitrogens with two attached hydrogens (primary N) is 1. The zero-order valence-corrected chi connectivity index (χ0v) is 12.6. The number of sulfonamides is 1. The number of nitrogens with zero attached hydrogens (tertiary/aromatic N) is 1. The van der Waals surface area contributed by atoms with Gasteiger partial charge in [0.25, 0.3) is 5.91 Å². The number of terminal acetylenes is 1. The minimum absolute atomic E-state index is 0.0890. The molecule has 0 aliphatic heterocycles. The molecular formula is C13H11N3O3S2. The molecule has 0 unspecified atom stereocenters. The number of carbonyl (C=O) groups excluding carboxylic acids is 1. The second kappa shape index (κ2) is 5.55. The molecule has 0 spiro atoms. The lowest BCUT2D eigenvalue weighted by Gasteiger charge is -2.00. The van der Waals surface area contributed by atoms with Crippen molar-refractivity contribution in [2.24, 2.45) is 5.73 Å². The molecule has 1 aromatic heterocycles. The molecule has 0 aliphatic carbocycles. The molecule has 1 amide bonds. The smallest absolute Gasteiger partial charge is 0.270 e. The van der Waals surface area contributed by atoms with Crippen LogP contribution in [0.3, 0.4) is 0 Å². The van der Waals surface area contributed by atoms with E-state index in [4.69, 9.17) is 12.2 Å². The summed E-state index contributed by atoms with van der Waals surface area (Å²) in [6.07, 6.45) is 6.31. The van der Waals surface area contributed by atoms with E-state index in [9.17, 15) is 13.2 Å². The number of nitrogens with one attached hydrogen (secondary N) is 1. The average Bonchev–Trinajstić information content (AvgIpc) is 2.80. The molecule has 2 rings (SSSR count). The predicted molar refractivity (Wildman–Crippen MR) is 82.5 cm³/mol. The highest BCUT2D eigenvalue weighted by Gasteiger charge is 2.19. The van der Waals surface area contributed by atoms with Crippen LogP contribution in [0, 0.1) is 12.3 Å². The predicted octanol–water partition coefficient (Wildman–Crippen LogP) is 1.26. The van der Waals surface area contributed by atoms with Crippen molar-refractivity contribution in [1.82, 2.24) is 4.98 Å². The van der Waals surface area contributed by atoms with Crippen LogP contribution < -0.4 is 10.5 Å². The normalized spacial score (nSPS) is 10.9. The van der Waals surface area contributed by atoms with Crippen LogP contribution in [0.1, 0.15) is 16.1 Å². The van der Waals surface area contributed by atoms with Gasteiger partial charge in [0, 0.05) is 11.1 Å². The Kier molecular flexibility index (Phi) is 3.97. The molecule has 3 N–H and O–H groups in total. The third-order valence-electron chi connectivity index (χ3n) is 2.41. The number of rotatable bonds is 4. The highest BCUT2D eigenvalue weighted by Crippen LogP contribution is 2.32. The molecule has 108 valence electrons. The van der Waals surface area contributed by atoms with Crippen LogP contribution in [-0.4, -0.2) is 25.6 Å². The molecular weight excluding hydrogens is 310 g/mol. The second-order valence-corrected chi connectivity index (χ2v) is 6.91. The Morgan fingerprint density at radius 2 is 2.19 bits per heavy atom. The first-order valence-corrected chi connectivity index (χ1v) is 8.36. The summed E-state index contributed by atoms with van der Waals surface area (Å²) >= 11 is 1.02. The molecule has 0 radical (unpaired) electrons. The summed E-state index contributed by atoms with van der Waals surface area (Å²) < 4.78 is 24.9. The van der Waals surface area contributed by atoms with Gasteiger partial charge in [0.2, 0.25) is 10.0 Å². The number of carbonyl (C=O) groups is 1. The summed E-state index contributed by atoms with van der Waals surface area (Å²) in [5.74, 6) is 1.68. The first kappa shape index (κ1) is 15.0. The van der Waals surface area contributed by atoms with Crippen molar-refractivity contribution in [1.29, 1.82) is 0 Å². The van der Waals surface area contributed by atoms with Gasteiger partial charge in [-0.2, -0.15) is 0 Å². The highest BCUT2D eigenvalue weighted by molar-refractivity contribution is 7.92. The third kappa shape index (κ3) is 3.59. The van der Waals surface area contributed by atoms with E-state index in [1.165, 1.54) is 0 Å². The fraction of sp³-hybridized carbons (Fsp3) is 0.0769. The van der Waals surface area contributed by atoms with Crippen molar-refractivity contribution >= 4 is 32.3 Å². The topological polar surface area (TPSA) is 102 Å². The van der Waals surface area contributed by atoms with Gasteiger partial charge < -0.3 is 5.73 Å². The van der Waals surface area contributed by atoms with Gasteiger partial charge in [0.05, 0.1) is 6.26 Å². The van der Waals surface area contributed by atoms with E-state index in [0.717, 1.165) is 17.6 Å². The van der Waals surface area contributed by atoms with E-state index in [2.05, 4.69) is 15.6 Å². The molecule has 6 nitrogen and oxygen atoms in total. The number of benzene rings is 1. The first-order valence-electron chi connectivity index (χ1n) is 5.65. The number of hydrogen-bond donors (Lipinski definition) is 2. The van der Waals surface area contributed by atoms with Gasteiger partial charge in [0.1, 0.15) is 10.0 Å². The quantitative estimate of drug-likeness (QED) is 0.828. The largest absolute Gasteiger partial charge is 0.364 e. The Bertz CT molecular complexity index is 848. The zero-order chi connectivity index (χ0) is 15.6. The van der Waals surface area contributed by atoms with Gasteiger partial charge in [-0.25, -0.2) is 13.4 Å². The lowest BCUT2D eigenvalue weighted by Crippen LogP contribution is -2.16. The Balaban J connectivity index is 2.53. The van der Waals surface area contributed by atoms with E-state index >= 15 is 0 Å². The van der Waals surface area contributed by atoms with E-state index in [1.807, 2.05) is 0 Å². The van der Waals surface area contributed by atoms with Crippen LogP contribution in [0.4, 0.5) is 5.00 Å². The van der Waals surface area contributed by atoms with Gasteiger partial charge in [-0.1, -0.05) is 29.4 Å². The van der Waals surface area contributed by atoms with Crippen molar-refractivity contribution in [3.05, 3.63) is 35.5 Å². The molecule has 2 aromatic rings. The van der Waals surface area contributed by atoms with Crippen molar-refractivity contribution in [3.63, 3.8) is 0 Å². The standard InChI is InChI=1S/C13H11N3O3S2/c1-3-8-5-4-6-9(7-8)12-15-10(11(14)17)13(20-12)16-21(2,18)19/h1,4-7,16H,2H3,(H2,14,17). The van der Waals surface area contributed by atoms with Crippen molar-refractivity contribution in [2.75, 3.05) is 11.0 Å². The number of aromatic nitrogens is 1. The monoisotopic (exact) mass is 321 g/mol. The molecule has 0 aliphatic rings. The zero-order valence-electron chi connectivity index (χ0n) is 11.0. The Hall–Kier alpha value is -2.37. The van der Waals surface area contributed by atoms with Gasteiger partial charge >= 0.3 is 0 Å². The Labute approximate surface area is 126 Å². The first-order chi connectivity index (χ1) is 9.80. The van der Waals surface area contributed by atoms with E-state index < -0.39 is 15.9 Å². The summed E-state index contributed by atoms with van der Waals surface area (Å²) in [7, 11) is -3.53. The lowest BCUT2D eigenvalue weighted by atomic mass is 10.1. The van der Waals surface area contributed by atoms with Crippen LogP contribution in [0.25, 0.3) is 10.6 Å². The maximum absolute atomic E-state index is 11.4. The van der Waals surface area contributed by atoms with E-state index in [-0.39, 0.29) is 10.7 Å². The minimum atomic E-state index is -3.53. The molecule has 0 atom stereocenters. The summed E-state index contributed by atoms with van der Waals surface area (Å²) in [5, 5.41) is 0.540. The second-order valence-electron chi connectivity index (χ2n) is 4.16. The number of hydrogen-bond acceptors (Lipinski definition) is 5. The summed E-state index contributed by atoms with van der Waals surface area (Å²) in [6, 6.07) is 6.98. The van der Waals surface area contributed by atoms with Gasteiger partial charge in [0.15, 0.2) is 5.69 Å². The summed E-state index contributed by atoms with van der Waals surface area (Å²) in [4.78, 5) is 15.5. The van der Waals surface area contributed by atoms with Crippen LogP contribution in [-0.2, 0) is 10.0 Å². The third-order valence-corrected chi connectivity index (χ3v) is 4.14. The van der Waals surface area contributed by atoms with Crippen LogP contribution >= 0.6 is 11.3 Å². The fourth-order valence-corrected chi connectivity index (χ4v) is 3.46. The summed E-state index contributed by atoms with van der Waals surface area (Å²) in [6.45, 7) is 0. The fourth-order valence-electron chi connectivity index (χ4n) is 1.59. The highest BCUT2D eigenvalue weighted by atomic mass is 32.2. The van der Waals surface area contributed by atoms with Crippen LogP contribution in [0.5, 0.6) is 0 Å². The van der Waals surface area contributed by atoms with Gasteiger partial charge in [-0.05, 0) is 12.1 Å². The van der Waals surface area contributed by atoms with Gasteiger partial charge in [-0.3, -0.25) is 9.52 Å². The van der Waals surface area contributed by atoms with E-state index in [1.54, 1.807) is 24.3 Å². The molecule has 0 saturated heterocycles. The van der Waals surface area contributed by atoms with E-state index in [0.29, 0.717) is 16.1 Å². The Morgan fingerprint density at radius 3 is 2.76 bits per heavy atom. The minimum Gasteiger partial charge on any atom is -0.364 e. The molecule has 0 bridgehead atoms. The molecule has 0 saturated carbocycles. The maximum atomic E-state index is 11.4. The molecule has 1 heterocycles. The molecule has 8 heteroatoms. The van der Waals surface area contributed by atoms with Gasteiger partial charge in [-0.15, -0.1) is 6.42 Å². The Morgan fingerprint density at radius 1 is 1.48 bits per heavy atom. The maximum Gasteiger partial charge on any atom is 0.270 e. The number of amides is 1. The van der Waals surface area contributed by atoms with Crippen molar-refractivity contribution in [2.45, 2.75) is 0 Å². The molecule has 0 fully saturated rings. The lowest BCUT2D eigenvalue weighted by molar-refractivity contribution is 0.0997. The number of thiazole rings is 1. The van der Waals surface area contributed by atoms with Crippen LogP contribution in [0.15, 0.2) is 24.3 Å². The van der Waals surface area contributed by atoms with Crippen molar-refractivity contribution in [3.8, 4) is 22.9 Å². The van der Waals surface area contributed by atoms with Crippen molar-refractivity contribution < 1.29 is 13.2 Å². The van der Waals surface area contributed by atoms with Crippen LogP contribution in [0.2, 0.25) is 0 Å². The molecule has 21 heavy (non-hydrogen) atoms. The number of anilines is 1.